The standard InChI is InChI=1S/C50H55Cl4F4N5O9S2/c1-30-8-9-33(22-38(30)50(56,57)58)32-10-11-35(26-69-41-24-40(55)42(23-39(41)51)74(67,68)63(43-27-73-29-60-43)46(66)72-48(5,6)7)37(21-32)34-12-16-59-36(20-34)25-62(44(64)70-28-49(52,53)54)19-15-31-13-17-61(18-14-31)45(65)71-47(2,3)4/h9-12,16,20-24,27,29-31H,8,13-15,17-19,25-26,28H2,1-7H3. The monoisotopic (exact) mass is 1150 g/mol. The molecular weight excluding hydrogens is 1100 g/mol. The Morgan fingerprint density at radius 3 is 2.22 bits per heavy atom. The molecule has 402 valence electrons. The van der Waals surface area contributed by atoms with E-state index in [-0.39, 0.29) is 52.9 Å². The van der Waals surface area contributed by atoms with Crippen molar-refractivity contribution in [1.82, 2.24) is 19.8 Å². The number of allylic oxidation sites excluding steroid dienone is 4. The lowest BCUT2D eigenvalue weighted by atomic mass is 9.86. The van der Waals surface area contributed by atoms with Gasteiger partial charge in [0.05, 0.1) is 22.8 Å². The fraction of sp³-hybridized carbons (Fsp3) is 0.460. The minimum Gasteiger partial charge on any atom is -0.487 e. The van der Waals surface area contributed by atoms with Crippen LogP contribution < -0.4 is 9.04 Å². The van der Waals surface area contributed by atoms with Crippen molar-refractivity contribution >= 4 is 97.4 Å². The highest BCUT2D eigenvalue weighted by atomic mass is 35.6. The average molecular weight is 1150 g/mol. The molecule has 0 bridgehead atoms. The summed E-state index contributed by atoms with van der Waals surface area (Å²) in [5.74, 6) is -2.59. The van der Waals surface area contributed by atoms with Crippen LogP contribution in [0.5, 0.6) is 5.75 Å². The first-order valence-electron chi connectivity index (χ1n) is 23.2. The highest BCUT2D eigenvalue weighted by Crippen LogP contribution is 2.41. The Kier molecular flexibility index (Phi) is 18.6. The molecule has 1 fully saturated rings. The second kappa shape index (κ2) is 23.6. The number of sulfonamides is 1. The Morgan fingerprint density at radius 2 is 1.59 bits per heavy atom. The molecule has 1 aliphatic heterocycles. The van der Waals surface area contributed by atoms with Crippen molar-refractivity contribution in [3.05, 3.63) is 105 Å². The molecule has 0 saturated carbocycles. The maximum Gasteiger partial charge on any atom is 0.430 e. The van der Waals surface area contributed by atoms with Crippen molar-refractivity contribution in [3.63, 3.8) is 0 Å². The number of amides is 3. The molecule has 14 nitrogen and oxygen atoms in total. The maximum absolute atomic E-state index is 16.1. The summed E-state index contributed by atoms with van der Waals surface area (Å²) in [6.45, 7) is 11.6. The van der Waals surface area contributed by atoms with Crippen LogP contribution in [0.25, 0.3) is 16.7 Å². The van der Waals surface area contributed by atoms with Gasteiger partial charge in [0.1, 0.15) is 40.9 Å². The summed E-state index contributed by atoms with van der Waals surface area (Å²) in [6.07, 6.45) is -0.822. The van der Waals surface area contributed by atoms with Crippen molar-refractivity contribution in [2.45, 2.75) is 113 Å². The zero-order valence-corrected chi connectivity index (χ0v) is 46.1. The molecule has 74 heavy (non-hydrogen) atoms. The molecule has 6 rings (SSSR count). The van der Waals surface area contributed by atoms with E-state index in [9.17, 15) is 36.0 Å². The van der Waals surface area contributed by atoms with Gasteiger partial charge in [0, 0.05) is 42.9 Å². The summed E-state index contributed by atoms with van der Waals surface area (Å²) in [5.41, 5.74) is 1.30. The number of thiazole rings is 1. The molecule has 2 aliphatic rings. The van der Waals surface area contributed by atoms with E-state index in [2.05, 4.69) is 9.97 Å². The number of pyridine rings is 1. The third kappa shape index (κ3) is 15.8. The molecule has 2 aromatic carbocycles. The van der Waals surface area contributed by atoms with Crippen molar-refractivity contribution in [1.29, 1.82) is 0 Å². The van der Waals surface area contributed by atoms with Gasteiger partial charge >= 0.3 is 24.5 Å². The summed E-state index contributed by atoms with van der Waals surface area (Å²) in [7, 11) is -5.02. The zero-order valence-electron chi connectivity index (χ0n) is 41.4. The summed E-state index contributed by atoms with van der Waals surface area (Å²) in [6, 6.07) is 9.77. The lowest BCUT2D eigenvalue weighted by Gasteiger charge is -2.34. The Labute approximate surface area is 451 Å². The predicted octanol–water partition coefficient (Wildman–Crippen LogP) is 14.0. The molecule has 4 aromatic rings. The molecule has 0 N–H and O–H groups in total. The predicted molar refractivity (Wildman–Crippen MR) is 277 cm³/mol. The van der Waals surface area contributed by atoms with Gasteiger partial charge in [-0.1, -0.05) is 71.5 Å². The lowest BCUT2D eigenvalue weighted by Crippen LogP contribution is -2.42. The summed E-state index contributed by atoms with van der Waals surface area (Å²) >= 11 is 25.4. The molecule has 0 spiro atoms. The van der Waals surface area contributed by atoms with Gasteiger partial charge in [-0.25, -0.2) is 32.2 Å². The molecule has 2 aromatic heterocycles. The second-order valence-corrected chi connectivity index (χ2v) is 25.1. The third-order valence-corrected chi connectivity index (χ3v) is 14.4. The minimum absolute atomic E-state index is 0.0898. The number of nitrogens with zero attached hydrogens (tertiary/aromatic N) is 5. The first-order valence-corrected chi connectivity index (χ1v) is 27.1. The van der Waals surface area contributed by atoms with Crippen LogP contribution in [0.3, 0.4) is 0 Å². The SMILES string of the molecule is CC1CC=C(c2ccc(COc3cc(F)c(S(=O)(=O)N(C(=O)OC(C)(C)C)c4cscn4)cc3Cl)c(-c3ccnc(CN(CCC4CCN(C(=O)OC(C)(C)C)CC4)C(=O)OCC(Cl)(Cl)Cl)c3)c2)C=C1C(F)(F)F. The highest BCUT2D eigenvalue weighted by molar-refractivity contribution is 7.93. The van der Waals surface area contributed by atoms with Crippen LogP contribution in [-0.2, 0) is 37.4 Å². The number of hydrogen-bond acceptors (Lipinski definition) is 12. The van der Waals surface area contributed by atoms with Crippen LogP contribution in [0.15, 0.2) is 82.2 Å². The van der Waals surface area contributed by atoms with Gasteiger partial charge in [-0.15, -0.1) is 15.6 Å². The van der Waals surface area contributed by atoms with Crippen molar-refractivity contribution in [2.24, 2.45) is 11.8 Å². The summed E-state index contributed by atoms with van der Waals surface area (Å²) in [5, 5.41) is 0.920. The molecule has 1 atom stereocenters. The largest absolute Gasteiger partial charge is 0.487 e. The van der Waals surface area contributed by atoms with Crippen molar-refractivity contribution in [2.75, 3.05) is 30.5 Å². The normalized spacial score (nSPS) is 16.0. The number of aromatic nitrogens is 2. The van der Waals surface area contributed by atoms with Crippen LogP contribution in [-0.4, -0.2) is 93.9 Å². The van der Waals surface area contributed by atoms with Gasteiger partial charge in [-0.2, -0.15) is 13.2 Å². The first-order chi connectivity index (χ1) is 34.4. The molecule has 1 unspecified atom stereocenters. The lowest BCUT2D eigenvalue weighted by molar-refractivity contribution is -0.0983. The molecule has 1 aliphatic carbocycles. The Balaban J connectivity index is 1.31. The molecule has 3 heterocycles. The van der Waals surface area contributed by atoms with E-state index < -0.39 is 78.3 Å². The van der Waals surface area contributed by atoms with Crippen molar-refractivity contribution < 1.29 is 59.3 Å². The zero-order chi connectivity index (χ0) is 54.6. The Bertz CT molecular complexity index is 2860. The number of alkyl halides is 6. The highest BCUT2D eigenvalue weighted by Gasteiger charge is 2.40. The fourth-order valence-corrected chi connectivity index (χ4v) is 10.4. The second-order valence-electron chi connectivity index (χ2n) is 19.7. The number of ether oxygens (including phenoxy) is 4. The number of piperidine rings is 1. The number of likely N-dealkylation sites (tertiary alicyclic amines) is 1. The summed E-state index contributed by atoms with van der Waals surface area (Å²) in [4.78, 5) is 50.1. The van der Waals surface area contributed by atoms with Crippen LogP contribution in [0.2, 0.25) is 5.02 Å². The van der Waals surface area contributed by atoms with E-state index in [0.29, 0.717) is 65.9 Å². The minimum atomic E-state index is -5.02. The number of carbonyl (C=O) groups is 3. The average Bonchev–Trinajstić information content (AvgIpc) is 3.82. The molecule has 24 heteroatoms. The van der Waals surface area contributed by atoms with Gasteiger partial charge in [0.15, 0.2) is 5.82 Å². The first kappa shape index (κ1) is 58.4. The van der Waals surface area contributed by atoms with Gasteiger partial charge in [0.2, 0.25) is 3.79 Å². The van der Waals surface area contributed by atoms with E-state index in [1.165, 1.54) is 49.7 Å². The van der Waals surface area contributed by atoms with Crippen molar-refractivity contribution in [3.8, 4) is 16.9 Å². The summed E-state index contributed by atoms with van der Waals surface area (Å²) < 4.78 is 107. The Hall–Kier alpha value is -4.86. The van der Waals surface area contributed by atoms with Gasteiger partial charge in [0.25, 0.3) is 10.0 Å². The van der Waals surface area contributed by atoms with E-state index >= 15 is 4.39 Å². The molecule has 0 radical (unpaired) electrons. The van der Waals surface area contributed by atoms with E-state index in [1.807, 2.05) is 0 Å². The molecule has 1 saturated heterocycles. The van der Waals surface area contributed by atoms with E-state index in [0.717, 1.165) is 29.5 Å². The van der Waals surface area contributed by atoms with Crippen LogP contribution in [0.4, 0.5) is 37.8 Å². The number of rotatable bonds is 14. The van der Waals surface area contributed by atoms with E-state index in [4.69, 9.17) is 65.4 Å². The van der Waals surface area contributed by atoms with Gasteiger partial charge < -0.3 is 28.7 Å². The Morgan fingerprint density at radius 1 is 0.905 bits per heavy atom. The number of carbonyl (C=O) groups excluding carboxylic acids is 3. The number of benzene rings is 2. The smallest absolute Gasteiger partial charge is 0.430 e. The number of halogens is 8. The number of anilines is 1. The maximum atomic E-state index is 16.1. The van der Waals surface area contributed by atoms with Crippen LogP contribution in [0, 0.1) is 17.7 Å². The van der Waals surface area contributed by atoms with E-state index in [1.54, 1.807) is 62.1 Å². The topological polar surface area (TPSA) is 158 Å². The van der Waals surface area contributed by atoms with Gasteiger partial charge in [-0.3, -0.25) is 4.98 Å². The molecular formula is C50H55Cl4F4N5O9S2. The van der Waals surface area contributed by atoms with Crippen LogP contribution in [0.1, 0.15) is 91.0 Å². The molecule has 3 amide bonds. The number of hydrogen-bond donors (Lipinski definition) is 0. The quantitative estimate of drug-likeness (QED) is 0.0672. The van der Waals surface area contributed by atoms with Crippen LogP contribution >= 0.6 is 57.7 Å². The third-order valence-electron chi connectivity index (χ3n) is 11.5. The van der Waals surface area contributed by atoms with Gasteiger partial charge in [-0.05, 0) is 137 Å². The fourth-order valence-electron chi connectivity index (χ4n) is 7.98.